The quantitative estimate of drug-likeness (QED) is 0.0348. The van der Waals surface area contributed by atoms with Crippen LogP contribution in [0.3, 0.4) is 0 Å². The van der Waals surface area contributed by atoms with Crippen molar-refractivity contribution in [3.05, 3.63) is 45.8 Å². The molecule has 0 heterocycles. The standard InChI is InChI=1S/C21H32F3O3S.3C4H9.Sn/c1-7-20(16(2)3)15-14-18(5)11-8-10-17(4)12-9-13-19(6)27-28(25,26)21(22,23)24;3*1-3-4-2;/h1,7,11-12,16,20H,6,8-10,13-15H2,2-5H3;3*1,3-4H2,2H3;/b7-1?,17-12+,18-11+;;;;. The first-order valence-electron chi connectivity index (χ1n) is 15.8. The summed E-state index contributed by atoms with van der Waals surface area (Å²) in [7, 11) is -5.64. The maximum absolute atomic E-state index is 12.4. The number of alkyl halides is 3. The van der Waals surface area contributed by atoms with Gasteiger partial charge in [-0.1, -0.05) is 6.58 Å². The predicted molar refractivity (Wildman–Crippen MR) is 173 cm³/mol. The van der Waals surface area contributed by atoms with Crippen LogP contribution in [0.15, 0.2) is 45.8 Å². The third kappa shape index (κ3) is 17.9. The molecule has 8 heteroatoms. The minimum Gasteiger partial charge on any atom is -0.381 e. The summed E-state index contributed by atoms with van der Waals surface area (Å²) < 4.78 is 70.8. The van der Waals surface area contributed by atoms with Gasteiger partial charge < -0.3 is 4.18 Å². The van der Waals surface area contributed by atoms with E-state index in [1.807, 2.05) is 13.0 Å². The van der Waals surface area contributed by atoms with E-state index in [9.17, 15) is 21.6 Å². The molecule has 0 amide bonds. The third-order valence-electron chi connectivity index (χ3n) is 7.97. The number of allylic oxidation sites excluding steroid dienone is 6. The smallest absolute Gasteiger partial charge is 0.381 e. The number of halogens is 3. The Bertz CT molecular complexity index is 912. The van der Waals surface area contributed by atoms with Gasteiger partial charge in [0.05, 0.1) is 0 Å². The molecule has 41 heavy (non-hydrogen) atoms. The second-order valence-electron chi connectivity index (χ2n) is 12.2. The molecule has 0 saturated heterocycles. The van der Waals surface area contributed by atoms with Gasteiger partial charge in [-0.2, -0.15) is 21.6 Å². The molecule has 0 bridgehead atoms. The Morgan fingerprint density at radius 3 is 1.76 bits per heavy atom. The van der Waals surface area contributed by atoms with Gasteiger partial charge in [0.1, 0.15) is 5.76 Å². The second kappa shape index (κ2) is 21.1. The van der Waals surface area contributed by atoms with Crippen LogP contribution < -0.4 is 0 Å². The van der Waals surface area contributed by atoms with Crippen molar-refractivity contribution in [1.29, 1.82) is 0 Å². The average Bonchev–Trinajstić information content (AvgIpc) is 2.87. The van der Waals surface area contributed by atoms with E-state index in [0.717, 1.165) is 24.8 Å². The SMILES string of the molecule is C=C(CC/C=C(\C)CC/C=C(\C)CCC(/C=[CH]/[Sn]([CH2]CCC)([CH2]CCC)[CH2]CCC)C(C)C)OS(=O)(=O)C(F)(F)F. The van der Waals surface area contributed by atoms with Crippen molar-refractivity contribution in [3.8, 4) is 0 Å². The Balaban J connectivity index is 4.99. The maximum atomic E-state index is 12.4. The molecule has 1 unspecified atom stereocenters. The fourth-order valence-electron chi connectivity index (χ4n) is 5.06. The Hall–Kier alpha value is -0.701. The zero-order valence-corrected chi connectivity index (χ0v) is 30.7. The summed E-state index contributed by atoms with van der Waals surface area (Å²) in [6.45, 7) is 19.2. The average molecular weight is 712 g/mol. The number of hydrogen-bond acceptors (Lipinski definition) is 3. The number of hydrogen-bond donors (Lipinski definition) is 0. The van der Waals surface area contributed by atoms with Crippen LogP contribution in [0.2, 0.25) is 13.3 Å². The normalized spacial score (nSPS) is 14.7. The molecule has 0 spiro atoms. The van der Waals surface area contributed by atoms with Crippen LogP contribution in [0.1, 0.15) is 126 Å². The van der Waals surface area contributed by atoms with Crippen molar-refractivity contribution in [2.24, 2.45) is 11.8 Å². The van der Waals surface area contributed by atoms with E-state index >= 15 is 0 Å². The molecule has 1 atom stereocenters. The van der Waals surface area contributed by atoms with Crippen molar-refractivity contribution >= 4 is 28.5 Å². The zero-order chi connectivity index (χ0) is 31.5. The van der Waals surface area contributed by atoms with Gasteiger partial charge in [-0.15, -0.1) is 0 Å². The molecule has 0 aliphatic carbocycles. The van der Waals surface area contributed by atoms with Gasteiger partial charge in [-0.05, 0) is 0 Å². The van der Waals surface area contributed by atoms with E-state index in [-0.39, 0.29) is 6.42 Å². The van der Waals surface area contributed by atoms with Crippen molar-refractivity contribution < 1.29 is 25.8 Å². The maximum Gasteiger partial charge on any atom is 0.534 e. The van der Waals surface area contributed by atoms with Crippen molar-refractivity contribution in [3.63, 3.8) is 0 Å². The molecule has 0 aromatic heterocycles. The molecule has 240 valence electrons. The van der Waals surface area contributed by atoms with Crippen LogP contribution in [0, 0.1) is 11.8 Å². The first kappa shape index (κ1) is 40.3. The Labute approximate surface area is 255 Å². The van der Waals surface area contributed by atoms with Gasteiger partial charge in [-0.25, -0.2) is 0 Å². The van der Waals surface area contributed by atoms with E-state index in [1.54, 1.807) is 0 Å². The molecule has 0 aromatic rings. The second-order valence-corrected chi connectivity index (χ2v) is 26.7. The summed E-state index contributed by atoms with van der Waals surface area (Å²) in [6, 6.07) is 0. The molecular weight excluding hydrogens is 652 g/mol. The molecule has 0 radical (unpaired) electrons. The van der Waals surface area contributed by atoms with E-state index in [4.69, 9.17) is 0 Å². The molecule has 0 aliphatic heterocycles. The van der Waals surface area contributed by atoms with E-state index in [1.165, 1.54) is 63.8 Å². The summed E-state index contributed by atoms with van der Waals surface area (Å²) in [5.41, 5.74) is -2.94. The Morgan fingerprint density at radius 1 is 0.854 bits per heavy atom. The van der Waals surface area contributed by atoms with Crippen molar-refractivity contribution in [2.75, 3.05) is 0 Å². The first-order valence-corrected chi connectivity index (χ1v) is 24.9. The minimum absolute atomic E-state index is 0.0204. The van der Waals surface area contributed by atoms with Gasteiger partial charge in [0.15, 0.2) is 0 Å². The van der Waals surface area contributed by atoms with Crippen molar-refractivity contribution in [2.45, 2.75) is 144 Å². The van der Waals surface area contributed by atoms with Gasteiger partial charge in [0, 0.05) is 6.42 Å². The summed E-state index contributed by atoms with van der Waals surface area (Å²) in [4.78, 5) is 0. The van der Waals surface area contributed by atoms with Crippen molar-refractivity contribution in [1.82, 2.24) is 0 Å². The first-order chi connectivity index (χ1) is 19.1. The molecule has 0 fully saturated rings. The molecular formula is C33H59F3O3SSn. The van der Waals surface area contributed by atoms with E-state index in [0.29, 0.717) is 18.3 Å². The molecule has 0 rings (SSSR count). The summed E-state index contributed by atoms with van der Waals surface area (Å²) in [5, 5.41) is 0. The topological polar surface area (TPSA) is 43.4 Å². The molecule has 0 aromatic carbocycles. The summed E-state index contributed by atoms with van der Waals surface area (Å²) >= 11 is -2.28. The van der Waals surface area contributed by atoms with Crippen LogP contribution in [-0.4, -0.2) is 32.3 Å². The Kier molecular flexibility index (Phi) is 20.7. The number of unbranched alkanes of at least 4 members (excludes halogenated alkanes) is 3. The van der Waals surface area contributed by atoms with Crippen LogP contribution in [0.4, 0.5) is 13.2 Å². The van der Waals surface area contributed by atoms with Crippen LogP contribution in [0.5, 0.6) is 0 Å². The Morgan fingerprint density at radius 2 is 1.32 bits per heavy atom. The molecule has 0 N–H and O–H groups in total. The predicted octanol–water partition coefficient (Wildman–Crippen LogP) is 11.8. The zero-order valence-electron chi connectivity index (χ0n) is 27.0. The monoisotopic (exact) mass is 712 g/mol. The van der Waals surface area contributed by atoms with Gasteiger partial charge in [0.25, 0.3) is 0 Å². The van der Waals surface area contributed by atoms with Crippen LogP contribution >= 0.6 is 0 Å². The fraction of sp³-hybridized carbons (Fsp3) is 0.758. The van der Waals surface area contributed by atoms with Gasteiger partial charge in [-0.3, -0.25) is 0 Å². The number of rotatable bonds is 23. The third-order valence-corrected chi connectivity index (χ3v) is 23.1. The minimum atomic E-state index is -5.64. The molecule has 3 nitrogen and oxygen atoms in total. The van der Waals surface area contributed by atoms with Gasteiger partial charge >= 0.3 is 212 Å². The van der Waals surface area contributed by atoms with Crippen LogP contribution in [-0.2, 0) is 14.3 Å². The molecule has 0 aliphatic rings. The van der Waals surface area contributed by atoms with Crippen LogP contribution in [0.25, 0.3) is 0 Å². The molecule has 0 saturated carbocycles. The van der Waals surface area contributed by atoms with Gasteiger partial charge in [0.2, 0.25) is 0 Å². The van der Waals surface area contributed by atoms with E-state index < -0.39 is 39.8 Å². The van der Waals surface area contributed by atoms with E-state index in [2.05, 4.69) is 68.5 Å². The summed E-state index contributed by atoms with van der Waals surface area (Å²) in [6.07, 6.45) is 19.3. The summed E-state index contributed by atoms with van der Waals surface area (Å²) in [5.74, 6) is 0.831. The fourth-order valence-corrected chi connectivity index (χ4v) is 20.0. The largest absolute Gasteiger partial charge is 0.534 e.